The van der Waals surface area contributed by atoms with Gasteiger partial charge in [-0.15, -0.1) is 0 Å². The van der Waals surface area contributed by atoms with Crippen LogP contribution in [0.15, 0.2) is 18.3 Å². The molecular formula is C16H26N2O2. The van der Waals surface area contributed by atoms with Crippen LogP contribution in [0.4, 0.5) is 0 Å². The highest BCUT2D eigenvalue weighted by Crippen LogP contribution is 2.35. The van der Waals surface area contributed by atoms with E-state index in [0.29, 0.717) is 12.2 Å². The number of aromatic nitrogens is 1. The van der Waals surface area contributed by atoms with Crippen LogP contribution in [-0.2, 0) is 0 Å². The highest BCUT2D eigenvalue weighted by Gasteiger charge is 2.32. The third-order valence-corrected chi connectivity index (χ3v) is 4.44. The van der Waals surface area contributed by atoms with Crippen molar-refractivity contribution in [1.82, 2.24) is 9.88 Å². The number of hydrogen-bond donors (Lipinski definition) is 2. The molecule has 0 radical (unpaired) electrons. The lowest BCUT2D eigenvalue weighted by Crippen LogP contribution is -2.41. The summed E-state index contributed by atoms with van der Waals surface area (Å²) >= 11 is 0. The molecule has 1 fully saturated rings. The zero-order valence-corrected chi connectivity index (χ0v) is 12.6. The molecule has 1 amide bonds. The van der Waals surface area contributed by atoms with Crippen LogP contribution in [0.2, 0.25) is 0 Å². The van der Waals surface area contributed by atoms with Gasteiger partial charge in [-0.3, -0.25) is 4.79 Å². The minimum Gasteiger partial charge on any atom is -0.396 e. The van der Waals surface area contributed by atoms with Crippen molar-refractivity contribution >= 4 is 5.91 Å². The first-order valence-electron chi connectivity index (χ1n) is 7.64. The van der Waals surface area contributed by atoms with Gasteiger partial charge in [-0.2, -0.15) is 0 Å². The summed E-state index contributed by atoms with van der Waals surface area (Å²) in [6, 6.07) is 4.02. The average molecular weight is 278 g/mol. The molecule has 0 saturated heterocycles. The molecule has 1 heterocycles. The molecular weight excluding hydrogens is 252 g/mol. The van der Waals surface area contributed by atoms with Gasteiger partial charge in [-0.05, 0) is 38.8 Å². The van der Waals surface area contributed by atoms with Gasteiger partial charge in [-0.25, -0.2) is 0 Å². The highest BCUT2D eigenvalue weighted by atomic mass is 16.3. The zero-order chi connectivity index (χ0) is 14.6. The van der Waals surface area contributed by atoms with E-state index in [-0.39, 0.29) is 24.0 Å². The smallest absolute Gasteiger partial charge is 0.267 e. The molecule has 1 aliphatic carbocycles. The Balaban J connectivity index is 1.99. The molecule has 0 spiro atoms. The first-order valence-corrected chi connectivity index (χ1v) is 7.64. The molecule has 1 aromatic heterocycles. The molecule has 1 aliphatic rings. The maximum atomic E-state index is 12.3. The van der Waals surface area contributed by atoms with Crippen LogP contribution < -0.4 is 5.32 Å². The Morgan fingerprint density at radius 3 is 2.70 bits per heavy atom. The molecule has 4 heteroatoms. The Hall–Kier alpha value is -1.29. The van der Waals surface area contributed by atoms with Gasteiger partial charge in [0.1, 0.15) is 5.69 Å². The lowest BCUT2D eigenvalue weighted by molar-refractivity contribution is 0.0712. The molecule has 4 nitrogen and oxygen atoms in total. The van der Waals surface area contributed by atoms with Crippen molar-refractivity contribution in [2.75, 3.05) is 13.2 Å². The third kappa shape index (κ3) is 3.23. The molecule has 1 aromatic rings. The number of carbonyl (C=O) groups is 1. The number of amides is 1. The van der Waals surface area contributed by atoms with Crippen LogP contribution in [0.1, 0.15) is 62.5 Å². The van der Waals surface area contributed by atoms with Crippen molar-refractivity contribution in [3.63, 3.8) is 0 Å². The van der Waals surface area contributed by atoms with Gasteiger partial charge >= 0.3 is 0 Å². The highest BCUT2D eigenvalue weighted by molar-refractivity contribution is 5.92. The van der Waals surface area contributed by atoms with Crippen molar-refractivity contribution in [3.05, 3.63) is 24.0 Å². The van der Waals surface area contributed by atoms with E-state index >= 15 is 0 Å². The molecule has 112 valence electrons. The fourth-order valence-corrected chi connectivity index (χ4v) is 3.09. The summed E-state index contributed by atoms with van der Waals surface area (Å²) < 4.78 is 1.97. The number of hydrogen-bond acceptors (Lipinski definition) is 2. The van der Waals surface area contributed by atoms with E-state index in [2.05, 4.69) is 19.2 Å². The van der Waals surface area contributed by atoms with E-state index in [4.69, 9.17) is 0 Å². The van der Waals surface area contributed by atoms with E-state index in [1.807, 2.05) is 22.9 Å². The van der Waals surface area contributed by atoms with Crippen LogP contribution in [0.25, 0.3) is 0 Å². The van der Waals surface area contributed by atoms with Crippen LogP contribution in [-0.4, -0.2) is 28.7 Å². The number of rotatable bonds is 5. The van der Waals surface area contributed by atoms with E-state index in [0.717, 1.165) is 25.7 Å². The molecule has 0 bridgehead atoms. The quantitative estimate of drug-likeness (QED) is 0.870. The predicted octanol–water partition coefficient (Wildman–Crippen LogP) is 2.74. The van der Waals surface area contributed by atoms with E-state index in [1.165, 1.54) is 6.42 Å². The van der Waals surface area contributed by atoms with Gasteiger partial charge in [0.15, 0.2) is 0 Å². The number of nitrogens with zero attached hydrogens (tertiary/aromatic N) is 1. The first-order chi connectivity index (χ1) is 9.58. The van der Waals surface area contributed by atoms with E-state index < -0.39 is 0 Å². The minimum absolute atomic E-state index is 0.0397. The Labute approximate surface area is 121 Å². The number of aliphatic hydroxyl groups is 1. The molecule has 20 heavy (non-hydrogen) atoms. The van der Waals surface area contributed by atoms with Crippen molar-refractivity contribution < 1.29 is 9.90 Å². The van der Waals surface area contributed by atoms with Crippen molar-refractivity contribution in [3.8, 4) is 0 Å². The topological polar surface area (TPSA) is 54.3 Å². The van der Waals surface area contributed by atoms with Gasteiger partial charge < -0.3 is 15.0 Å². The summed E-state index contributed by atoms with van der Waals surface area (Å²) in [5.41, 5.74) is 0.590. The predicted molar refractivity (Wildman–Crippen MR) is 79.8 cm³/mol. The van der Waals surface area contributed by atoms with Gasteiger partial charge in [0.2, 0.25) is 0 Å². The summed E-state index contributed by atoms with van der Waals surface area (Å²) in [6.45, 7) is 4.87. The Morgan fingerprint density at radius 1 is 1.40 bits per heavy atom. The summed E-state index contributed by atoms with van der Waals surface area (Å²) in [6.07, 6.45) is 7.50. The van der Waals surface area contributed by atoms with Gasteiger partial charge in [-0.1, -0.05) is 19.3 Å². The fraction of sp³-hybridized carbons (Fsp3) is 0.688. The number of carbonyl (C=O) groups excluding carboxylic acids is 1. The van der Waals surface area contributed by atoms with Crippen LogP contribution in [0, 0.1) is 5.41 Å². The Kier molecular flexibility index (Phi) is 4.86. The van der Waals surface area contributed by atoms with E-state index in [1.54, 1.807) is 0 Å². The van der Waals surface area contributed by atoms with Crippen molar-refractivity contribution in [1.29, 1.82) is 0 Å². The third-order valence-electron chi connectivity index (χ3n) is 4.44. The minimum atomic E-state index is -0.108. The lowest BCUT2D eigenvalue weighted by Gasteiger charge is -2.35. The largest absolute Gasteiger partial charge is 0.396 e. The molecule has 2 N–H and O–H groups in total. The summed E-state index contributed by atoms with van der Waals surface area (Å²) in [7, 11) is 0. The lowest BCUT2D eigenvalue weighted by atomic mass is 9.74. The standard InChI is InChI=1S/C16H26N2O2/c1-13(2)18-10-6-7-14(18)15(20)17-11-16(12-19)8-4-3-5-9-16/h6-7,10,13,19H,3-5,8-9,11-12H2,1-2H3,(H,17,20). The molecule has 2 rings (SSSR count). The van der Waals surface area contributed by atoms with E-state index in [9.17, 15) is 9.90 Å². The number of nitrogens with one attached hydrogen (secondary N) is 1. The monoisotopic (exact) mass is 278 g/mol. The Bertz CT molecular complexity index is 445. The van der Waals surface area contributed by atoms with Gasteiger partial charge in [0, 0.05) is 24.2 Å². The second-order valence-electron chi connectivity index (χ2n) is 6.30. The first kappa shape index (κ1) is 15.1. The van der Waals surface area contributed by atoms with Gasteiger partial charge in [0.05, 0.1) is 6.61 Å². The molecule has 0 aromatic carbocycles. The zero-order valence-electron chi connectivity index (χ0n) is 12.6. The molecule has 1 saturated carbocycles. The second-order valence-corrected chi connectivity index (χ2v) is 6.30. The summed E-state index contributed by atoms with van der Waals surface area (Å²) in [4.78, 5) is 12.3. The van der Waals surface area contributed by atoms with Crippen molar-refractivity contribution in [2.45, 2.75) is 52.0 Å². The second kappa shape index (κ2) is 6.44. The molecule has 0 atom stereocenters. The maximum Gasteiger partial charge on any atom is 0.267 e. The van der Waals surface area contributed by atoms with Crippen LogP contribution in [0.5, 0.6) is 0 Å². The summed E-state index contributed by atoms with van der Waals surface area (Å²) in [5.74, 6) is -0.0397. The average Bonchev–Trinajstić information content (AvgIpc) is 2.95. The normalized spacial score (nSPS) is 18.2. The van der Waals surface area contributed by atoms with Crippen LogP contribution in [0.3, 0.4) is 0 Å². The molecule has 0 unspecified atom stereocenters. The Morgan fingerprint density at radius 2 is 2.10 bits per heavy atom. The van der Waals surface area contributed by atoms with Gasteiger partial charge in [0.25, 0.3) is 5.91 Å². The summed E-state index contributed by atoms with van der Waals surface area (Å²) in [5, 5.41) is 12.7. The van der Waals surface area contributed by atoms with Crippen LogP contribution >= 0.6 is 0 Å². The molecule has 0 aliphatic heterocycles. The van der Waals surface area contributed by atoms with Crippen molar-refractivity contribution in [2.24, 2.45) is 5.41 Å². The maximum absolute atomic E-state index is 12.3. The fourth-order valence-electron chi connectivity index (χ4n) is 3.09. The number of aliphatic hydroxyl groups excluding tert-OH is 1. The SMILES string of the molecule is CC(C)n1cccc1C(=O)NCC1(CO)CCCCC1.